The van der Waals surface area contributed by atoms with Gasteiger partial charge in [-0.05, 0) is 69.7 Å². The van der Waals surface area contributed by atoms with Crippen LogP contribution in [-0.4, -0.2) is 35.6 Å². The molecule has 3 aliphatic carbocycles. The Hall–Kier alpha value is -0.590. The van der Waals surface area contributed by atoms with Gasteiger partial charge in [-0.15, -0.1) is 0 Å². The van der Waals surface area contributed by atoms with Crippen molar-refractivity contribution in [1.29, 1.82) is 5.26 Å². The minimum atomic E-state index is -0.236. The predicted molar refractivity (Wildman–Crippen MR) is 83.8 cm³/mol. The largest absolute Gasteiger partial charge is 0.297 e. The molecule has 4 rings (SSSR count). The summed E-state index contributed by atoms with van der Waals surface area (Å²) in [5.41, 5.74) is -0.236. The van der Waals surface area contributed by atoms with E-state index in [1.165, 1.54) is 70.8 Å². The zero-order valence-corrected chi connectivity index (χ0v) is 13.2. The van der Waals surface area contributed by atoms with Crippen LogP contribution in [0.2, 0.25) is 0 Å². The lowest BCUT2D eigenvalue weighted by Gasteiger charge is -2.47. The fourth-order valence-electron chi connectivity index (χ4n) is 4.86. The maximum absolute atomic E-state index is 9.95. The Morgan fingerprint density at radius 1 is 1.00 bits per heavy atom. The molecular formula is C18H29N3. The van der Waals surface area contributed by atoms with Crippen molar-refractivity contribution in [2.75, 3.05) is 13.1 Å². The second kappa shape index (κ2) is 5.56. The van der Waals surface area contributed by atoms with Crippen LogP contribution in [0.15, 0.2) is 0 Å². The Kier molecular flexibility index (Phi) is 3.71. The highest BCUT2D eigenvalue weighted by molar-refractivity contribution is 5.19. The van der Waals surface area contributed by atoms with Crippen molar-refractivity contribution in [3.63, 3.8) is 0 Å². The van der Waals surface area contributed by atoms with E-state index in [2.05, 4.69) is 16.3 Å². The van der Waals surface area contributed by atoms with Crippen molar-refractivity contribution in [2.45, 2.75) is 81.8 Å². The molecule has 0 radical (unpaired) electrons. The normalized spacial score (nSPS) is 36.5. The van der Waals surface area contributed by atoms with Crippen LogP contribution in [0.1, 0.15) is 64.2 Å². The van der Waals surface area contributed by atoms with Crippen molar-refractivity contribution in [2.24, 2.45) is 11.8 Å². The lowest BCUT2D eigenvalue weighted by atomic mass is 9.77. The molecule has 3 saturated carbocycles. The van der Waals surface area contributed by atoms with E-state index in [0.29, 0.717) is 12.0 Å². The fraction of sp³-hybridized carbons (Fsp3) is 0.944. The Balaban J connectivity index is 1.49. The minimum Gasteiger partial charge on any atom is -0.297 e. The van der Waals surface area contributed by atoms with E-state index in [4.69, 9.17) is 0 Å². The van der Waals surface area contributed by atoms with Gasteiger partial charge >= 0.3 is 0 Å². The molecule has 3 heteroatoms. The van der Waals surface area contributed by atoms with Gasteiger partial charge in [0.1, 0.15) is 5.54 Å². The minimum absolute atomic E-state index is 0.236. The van der Waals surface area contributed by atoms with Gasteiger partial charge in [0.25, 0.3) is 0 Å². The molecule has 0 amide bonds. The van der Waals surface area contributed by atoms with Crippen molar-refractivity contribution < 1.29 is 0 Å². The van der Waals surface area contributed by atoms with Crippen LogP contribution in [0.4, 0.5) is 0 Å². The first kappa shape index (κ1) is 14.0. The highest BCUT2D eigenvalue weighted by Gasteiger charge is 2.50. The predicted octanol–water partition coefficient (Wildman–Crippen LogP) is 3.07. The van der Waals surface area contributed by atoms with Crippen molar-refractivity contribution >= 4 is 0 Å². The molecule has 4 fully saturated rings. The van der Waals surface area contributed by atoms with Gasteiger partial charge in [0.15, 0.2) is 0 Å². The molecule has 0 spiro atoms. The molecule has 116 valence electrons. The first-order valence-corrected chi connectivity index (χ1v) is 9.24. The van der Waals surface area contributed by atoms with E-state index < -0.39 is 0 Å². The molecule has 1 aliphatic heterocycles. The van der Waals surface area contributed by atoms with Crippen LogP contribution in [0.25, 0.3) is 0 Å². The summed E-state index contributed by atoms with van der Waals surface area (Å²) in [5, 5.41) is 13.7. The molecular weight excluding hydrogens is 258 g/mol. The zero-order valence-electron chi connectivity index (χ0n) is 13.2. The maximum Gasteiger partial charge on any atom is 0.122 e. The number of fused-ring (bicyclic) bond motifs is 1. The molecule has 3 nitrogen and oxygen atoms in total. The van der Waals surface area contributed by atoms with Gasteiger partial charge in [0.2, 0.25) is 0 Å². The quantitative estimate of drug-likeness (QED) is 0.844. The second-order valence-electron chi connectivity index (χ2n) is 8.00. The van der Waals surface area contributed by atoms with E-state index in [0.717, 1.165) is 18.5 Å². The van der Waals surface area contributed by atoms with Crippen LogP contribution in [0.5, 0.6) is 0 Å². The van der Waals surface area contributed by atoms with Crippen LogP contribution in [0, 0.1) is 23.2 Å². The van der Waals surface area contributed by atoms with Crippen LogP contribution < -0.4 is 5.32 Å². The van der Waals surface area contributed by atoms with Crippen molar-refractivity contribution in [1.82, 2.24) is 10.2 Å². The van der Waals surface area contributed by atoms with Crippen molar-refractivity contribution in [3.05, 3.63) is 0 Å². The zero-order chi connectivity index (χ0) is 14.3. The molecule has 21 heavy (non-hydrogen) atoms. The molecule has 0 bridgehead atoms. The maximum atomic E-state index is 9.95. The van der Waals surface area contributed by atoms with Gasteiger partial charge in [0.05, 0.1) is 6.07 Å². The molecule has 1 N–H and O–H groups in total. The molecule has 0 aromatic heterocycles. The highest BCUT2D eigenvalue weighted by Crippen LogP contribution is 2.43. The smallest absolute Gasteiger partial charge is 0.122 e. The summed E-state index contributed by atoms with van der Waals surface area (Å²) < 4.78 is 0. The van der Waals surface area contributed by atoms with Crippen LogP contribution >= 0.6 is 0 Å². The Morgan fingerprint density at radius 2 is 1.76 bits per heavy atom. The fourth-order valence-corrected chi connectivity index (χ4v) is 4.86. The number of piperidine rings is 1. The number of nitriles is 1. The standard InChI is InChI=1S/C18H29N3/c19-12-18(15-7-8-15,20-16-9-10-16)13-21-11-3-5-14-4-1-2-6-17(14)21/h14-17,20H,1-11,13H2/t14-,17-,18?/m1/s1. The highest BCUT2D eigenvalue weighted by atomic mass is 15.2. The SMILES string of the molecule is N#CC(CN1CCC[C@H]2CCCC[C@H]21)(NC1CC1)C1CC1. The summed E-state index contributed by atoms with van der Waals surface area (Å²) in [4.78, 5) is 2.71. The summed E-state index contributed by atoms with van der Waals surface area (Å²) in [5.74, 6) is 1.54. The number of nitrogens with one attached hydrogen (secondary N) is 1. The summed E-state index contributed by atoms with van der Waals surface area (Å²) in [6.07, 6.45) is 13.5. The number of hydrogen-bond acceptors (Lipinski definition) is 3. The molecule has 4 aliphatic rings. The van der Waals surface area contributed by atoms with Gasteiger partial charge in [-0.1, -0.05) is 12.8 Å². The summed E-state index contributed by atoms with van der Waals surface area (Å²) in [7, 11) is 0. The lowest BCUT2D eigenvalue weighted by Crippen LogP contribution is -2.59. The summed E-state index contributed by atoms with van der Waals surface area (Å²) >= 11 is 0. The lowest BCUT2D eigenvalue weighted by molar-refractivity contribution is 0.0406. The van der Waals surface area contributed by atoms with Gasteiger partial charge in [-0.25, -0.2) is 0 Å². The van der Waals surface area contributed by atoms with E-state index in [1.807, 2.05) is 0 Å². The number of likely N-dealkylation sites (tertiary alicyclic amines) is 1. The third kappa shape index (κ3) is 2.85. The van der Waals surface area contributed by atoms with Gasteiger partial charge < -0.3 is 0 Å². The molecule has 0 aromatic carbocycles. The monoisotopic (exact) mass is 287 g/mol. The van der Waals surface area contributed by atoms with E-state index in [-0.39, 0.29) is 5.54 Å². The summed E-state index contributed by atoms with van der Waals surface area (Å²) in [6, 6.07) is 4.15. The van der Waals surface area contributed by atoms with E-state index in [9.17, 15) is 5.26 Å². The number of hydrogen-bond donors (Lipinski definition) is 1. The van der Waals surface area contributed by atoms with Crippen LogP contribution in [-0.2, 0) is 0 Å². The Bertz CT molecular complexity index is 419. The van der Waals surface area contributed by atoms with Gasteiger partial charge in [0, 0.05) is 18.6 Å². The number of nitrogens with zero attached hydrogens (tertiary/aromatic N) is 2. The van der Waals surface area contributed by atoms with Crippen molar-refractivity contribution in [3.8, 4) is 6.07 Å². The Morgan fingerprint density at radius 3 is 2.48 bits per heavy atom. The molecule has 1 unspecified atom stereocenters. The average Bonchev–Trinajstić information content (AvgIpc) is 3.39. The topological polar surface area (TPSA) is 39.1 Å². The molecule has 3 atom stereocenters. The molecule has 1 saturated heterocycles. The third-order valence-electron chi connectivity index (χ3n) is 6.32. The molecule has 0 aromatic rings. The first-order chi connectivity index (χ1) is 10.3. The van der Waals surface area contributed by atoms with Crippen LogP contribution in [0.3, 0.4) is 0 Å². The molecule has 1 heterocycles. The number of rotatable bonds is 5. The van der Waals surface area contributed by atoms with E-state index >= 15 is 0 Å². The first-order valence-electron chi connectivity index (χ1n) is 9.24. The van der Waals surface area contributed by atoms with Gasteiger partial charge in [-0.3, -0.25) is 10.2 Å². The second-order valence-corrected chi connectivity index (χ2v) is 8.00. The summed E-state index contributed by atoms with van der Waals surface area (Å²) in [6.45, 7) is 2.22. The third-order valence-corrected chi connectivity index (χ3v) is 6.32. The Labute approximate surface area is 129 Å². The van der Waals surface area contributed by atoms with E-state index in [1.54, 1.807) is 0 Å². The van der Waals surface area contributed by atoms with Gasteiger partial charge in [-0.2, -0.15) is 5.26 Å². The average molecular weight is 287 g/mol.